The number of hydrogen-bond donors (Lipinski definition) is 0. The topological polar surface area (TPSA) is 89.4 Å². The second kappa shape index (κ2) is 9.74. The van der Waals surface area contributed by atoms with Crippen LogP contribution in [0.3, 0.4) is 0 Å². The van der Waals surface area contributed by atoms with Gasteiger partial charge in [0.1, 0.15) is 11.2 Å². The van der Waals surface area contributed by atoms with E-state index in [4.69, 9.17) is 4.42 Å². The maximum atomic E-state index is 10.1. The summed E-state index contributed by atoms with van der Waals surface area (Å²) in [6, 6.07) is 46.2. The molecular formula is C39H20N4O. The van der Waals surface area contributed by atoms with Gasteiger partial charge in [-0.05, 0) is 65.7 Å². The Kier molecular flexibility index (Phi) is 5.56. The lowest BCUT2D eigenvalue weighted by molar-refractivity contribution is 0.669. The van der Waals surface area contributed by atoms with Crippen LogP contribution in [0.2, 0.25) is 0 Å². The lowest BCUT2D eigenvalue weighted by Gasteiger charge is -2.14. The van der Waals surface area contributed by atoms with Crippen molar-refractivity contribution in [3.63, 3.8) is 0 Å². The van der Waals surface area contributed by atoms with Gasteiger partial charge in [0, 0.05) is 38.4 Å². The van der Waals surface area contributed by atoms with Crippen LogP contribution in [0.15, 0.2) is 126 Å². The Labute approximate surface area is 252 Å². The summed E-state index contributed by atoms with van der Waals surface area (Å²) < 4.78 is 8.34. The van der Waals surface area contributed by atoms with Crippen molar-refractivity contribution < 1.29 is 4.42 Å². The van der Waals surface area contributed by atoms with Crippen LogP contribution in [0.1, 0.15) is 16.7 Å². The zero-order chi connectivity index (χ0) is 29.8. The molecule has 0 radical (unpaired) electrons. The number of nitrogens with zero attached hydrogens (tertiary/aromatic N) is 4. The number of furan rings is 1. The number of fused-ring (bicyclic) bond motifs is 6. The van der Waals surface area contributed by atoms with E-state index in [0.717, 1.165) is 66.1 Å². The Bertz CT molecular complexity index is 2570. The molecule has 0 amide bonds. The van der Waals surface area contributed by atoms with Gasteiger partial charge in [0.25, 0.3) is 0 Å². The molecule has 5 nitrogen and oxygen atoms in total. The molecule has 8 rings (SSSR count). The van der Waals surface area contributed by atoms with Crippen LogP contribution in [0.25, 0.3) is 71.7 Å². The number of nitriles is 3. The molecule has 0 aliphatic carbocycles. The van der Waals surface area contributed by atoms with Crippen LogP contribution < -0.4 is 0 Å². The van der Waals surface area contributed by atoms with E-state index < -0.39 is 0 Å². The summed E-state index contributed by atoms with van der Waals surface area (Å²) in [5.41, 5.74) is 9.09. The van der Waals surface area contributed by atoms with Gasteiger partial charge in [0.05, 0.1) is 45.9 Å². The average molecular weight is 561 g/mol. The first kappa shape index (κ1) is 25.1. The van der Waals surface area contributed by atoms with Crippen molar-refractivity contribution in [1.29, 1.82) is 15.8 Å². The van der Waals surface area contributed by atoms with Gasteiger partial charge in [-0.1, -0.05) is 66.7 Å². The monoisotopic (exact) mass is 560 g/mol. The molecule has 5 heteroatoms. The molecule has 0 bridgehead atoms. The van der Waals surface area contributed by atoms with Gasteiger partial charge in [0.2, 0.25) is 0 Å². The molecule has 0 aliphatic rings. The van der Waals surface area contributed by atoms with Crippen molar-refractivity contribution >= 4 is 43.7 Å². The quantitative estimate of drug-likeness (QED) is 0.215. The zero-order valence-corrected chi connectivity index (χ0v) is 23.2. The van der Waals surface area contributed by atoms with Crippen LogP contribution in [-0.2, 0) is 0 Å². The molecule has 0 saturated carbocycles. The first-order chi connectivity index (χ1) is 21.7. The molecular weight excluding hydrogens is 540 g/mol. The normalized spacial score (nSPS) is 11.1. The van der Waals surface area contributed by atoms with Crippen molar-refractivity contribution in [2.45, 2.75) is 0 Å². The molecule has 0 atom stereocenters. The Balaban J connectivity index is 1.52. The third-order valence-electron chi connectivity index (χ3n) is 8.34. The van der Waals surface area contributed by atoms with Gasteiger partial charge in [-0.3, -0.25) is 0 Å². The van der Waals surface area contributed by atoms with E-state index >= 15 is 0 Å². The first-order valence-electron chi connectivity index (χ1n) is 14.1. The van der Waals surface area contributed by atoms with Crippen LogP contribution in [-0.4, -0.2) is 4.57 Å². The Morgan fingerprint density at radius 2 is 1.16 bits per heavy atom. The van der Waals surface area contributed by atoms with E-state index in [-0.39, 0.29) is 0 Å². The van der Waals surface area contributed by atoms with Crippen LogP contribution in [0.4, 0.5) is 0 Å². The Morgan fingerprint density at radius 1 is 0.500 bits per heavy atom. The van der Waals surface area contributed by atoms with Gasteiger partial charge < -0.3 is 8.98 Å². The van der Waals surface area contributed by atoms with Crippen molar-refractivity contribution in [2.24, 2.45) is 0 Å². The molecule has 0 N–H and O–H groups in total. The summed E-state index contributed by atoms with van der Waals surface area (Å²) >= 11 is 0. The molecule has 0 saturated heterocycles. The molecule has 2 aromatic heterocycles. The highest BCUT2D eigenvalue weighted by molar-refractivity contribution is 6.16. The van der Waals surface area contributed by atoms with Crippen LogP contribution in [0, 0.1) is 34.0 Å². The third-order valence-corrected chi connectivity index (χ3v) is 8.34. The van der Waals surface area contributed by atoms with Crippen LogP contribution >= 0.6 is 0 Å². The maximum absolute atomic E-state index is 10.1. The van der Waals surface area contributed by atoms with Crippen LogP contribution in [0.5, 0.6) is 0 Å². The van der Waals surface area contributed by atoms with Crippen molar-refractivity contribution in [2.75, 3.05) is 0 Å². The minimum Gasteiger partial charge on any atom is -0.456 e. The lowest BCUT2D eigenvalue weighted by atomic mass is 9.93. The minimum absolute atomic E-state index is 0.438. The van der Waals surface area contributed by atoms with E-state index in [1.165, 1.54) is 0 Å². The summed E-state index contributed by atoms with van der Waals surface area (Å²) in [7, 11) is 0. The minimum atomic E-state index is 0.438. The van der Waals surface area contributed by atoms with Gasteiger partial charge in [-0.15, -0.1) is 0 Å². The van der Waals surface area contributed by atoms with Gasteiger partial charge >= 0.3 is 0 Å². The summed E-state index contributed by atoms with van der Waals surface area (Å²) in [5.74, 6) is 0. The number of hydrogen-bond acceptors (Lipinski definition) is 4. The molecule has 0 spiro atoms. The number of para-hydroxylation sites is 2. The molecule has 6 aromatic carbocycles. The maximum Gasteiger partial charge on any atom is 0.135 e. The second-order valence-corrected chi connectivity index (χ2v) is 10.7. The molecule has 44 heavy (non-hydrogen) atoms. The van der Waals surface area contributed by atoms with E-state index in [2.05, 4.69) is 53.1 Å². The summed E-state index contributed by atoms with van der Waals surface area (Å²) in [4.78, 5) is 0. The fraction of sp³-hybridized carbons (Fsp3) is 0. The summed E-state index contributed by atoms with van der Waals surface area (Å²) in [6.07, 6.45) is 0. The van der Waals surface area contributed by atoms with E-state index in [0.29, 0.717) is 22.3 Å². The average Bonchev–Trinajstić information content (AvgIpc) is 3.62. The highest BCUT2D eigenvalue weighted by Gasteiger charge is 2.21. The highest BCUT2D eigenvalue weighted by atomic mass is 16.3. The SMILES string of the molecule is N#Cc1ccccc1-c1ccc2c(c1)c1cccc(-c3c(C#N)cccc3C#N)c1n2-c1ccc2oc3ccccc3c2c1. The summed E-state index contributed by atoms with van der Waals surface area (Å²) in [5, 5.41) is 34.0. The van der Waals surface area contributed by atoms with Gasteiger partial charge in [-0.2, -0.15) is 15.8 Å². The Hall–Kier alpha value is -6.61. The van der Waals surface area contributed by atoms with Crippen molar-refractivity contribution in [1.82, 2.24) is 4.57 Å². The fourth-order valence-corrected chi connectivity index (χ4v) is 6.42. The molecule has 202 valence electrons. The molecule has 0 unspecified atom stereocenters. The van der Waals surface area contributed by atoms with Gasteiger partial charge in [0.15, 0.2) is 0 Å². The molecule has 2 heterocycles. The predicted molar refractivity (Wildman–Crippen MR) is 173 cm³/mol. The highest BCUT2D eigenvalue weighted by Crippen LogP contribution is 2.42. The standard InChI is InChI=1S/C39H20N4O/c40-21-25-7-1-2-10-29(25)24-15-17-35-33(19-24)31-12-6-13-32(38-26(22-41)8-5-9-27(38)23-42)39(31)43(35)28-16-18-37-34(20-28)30-11-3-4-14-36(30)44-37/h1-20H. The van der Waals surface area contributed by atoms with Crippen molar-refractivity contribution in [3.8, 4) is 46.1 Å². The zero-order valence-electron chi connectivity index (χ0n) is 23.2. The predicted octanol–water partition coefficient (Wildman–Crippen LogP) is 9.63. The van der Waals surface area contributed by atoms with Crippen molar-refractivity contribution in [3.05, 3.63) is 138 Å². The van der Waals surface area contributed by atoms with Gasteiger partial charge in [-0.25, -0.2) is 0 Å². The Morgan fingerprint density at radius 3 is 1.98 bits per heavy atom. The van der Waals surface area contributed by atoms with E-state index in [9.17, 15) is 15.8 Å². The molecule has 8 aromatic rings. The number of benzene rings is 6. The third kappa shape index (κ3) is 3.63. The smallest absolute Gasteiger partial charge is 0.135 e. The fourth-order valence-electron chi connectivity index (χ4n) is 6.42. The molecule has 0 aliphatic heterocycles. The number of rotatable bonds is 3. The second-order valence-electron chi connectivity index (χ2n) is 10.7. The number of aromatic nitrogens is 1. The van der Waals surface area contributed by atoms with E-state index in [1.807, 2.05) is 72.8 Å². The largest absolute Gasteiger partial charge is 0.456 e. The first-order valence-corrected chi connectivity index (χ1v) is 14.1. The molecule has 0 fully saturated rings. The van der Waals surface area contributed by atoms with E-state index in [1.54, 1.807) is 18.2 Å². The summed E-state index contributed by atoms with van der Waals surface area (Å²) in [6.45, 7) is 0. The lowest BCUT2D eigenvalue weighted by Crippen LogP contribution is -1.97.